The highest BCUT2D eigenvalue weighted by molar-refractivity contribution is 5.00. The summed E-state index contributed by atoms with van der Waals surface area (Å²) in [5.74, 6) is 1.87. The summed E-state index contributed by atoms with van der Waals surface area (Å²) < 4.78 is 11.9. The van der Waals surface area contributed by atoms with E-state index < -0.39 is 0 Å². The molecule has 80 valence electrons. The van der Waals surface area contributed by atoms with Gasteiger partial charge in [0.25, 0.3) is 0 Å². The quantitative estimate of drug-likeness (QED) is 0.592. The maximum Gasteiger partial charge on any atom is 0.0942 e. The predicted octanol–water partition coefficient (Wildman–Crippen LogP) is 2.37. The van der Waals surface area contributed by atoms with Gasteiger partial charge >= 0.3 is 0 Å². The number of hydrogen-bond donors (Lipinski definition) is 0. The molecule has 2 heteroatoms. The third kappa shape index (κ3) is 1.49. The van der Waals surface area contributed by atoms with Gasteiger partial charge < -0.3 is 9.47 Å². The minimum atomic E-state index is 0.0362. The summed E-state index contributed by atoms with van der Waals surface area (Å²) >= 11 is 0. The summed E-state index contributed by atoms with van der Waals surface area (Å²) in [5.41, 5.74) is 0.117. The zero-order valence-corrected chi connectivity index (χ0v) is 9.21. The Hall–Kier alpha value is -0.0800. The molecule has 3 fully saturated rings. The molecule has 0 amide bonds. The molecular formula is C12H20O2. The monoisotopic (exact) mass is 196 g/mol. The highest BCUT2D eigenvalue weighted by Crippen LogP contribution is 2.50. The molecule has 3 rings (SSSR count). The molecule has 2 heterocycles. The largest absolute Gasteiger partial charge is 0.372 e. The van der Waals surface area contributed by atoms with Crippen molar-refractivity contribution >= 4 is 0 Å². The topological polar surface area (TPSA) is 18.5 Å². The van der Waals surface area contributed by atoms with Crippen LogP contribution in [0.25, 0.3) is 0 Å². The zero-order valence-electron chi connectivity index (χ0n) is 9.21. The fourth-order valence-electron chi connectivity index (χ4n) is 3.13. The van der Waals surface area contributed by atoms with Crippen LogP contribution in [0.5, 0.6) is 0 Å². The first kappa shape index (κ1) is 9.17. The normalized spacial score (nSPS) is 50.1. The molecule has 1 saturated carbocycles. The molecule has 0 radical (unpaired) electrons. The Morgan fingerprint density at radius 1 is 1.14 bits per heavy atom. The van der Waals surface area contributed by atoms with Crippen LogP contribution < -0.4 is 0 Å². The molecule has 2 aliphatic heterocycles. The van der Waals surface area contributed by atoms with Crippen LogP contribution in [0.4, 0.5) is 0 Å². The Morgan fingerprint density at radius 2 is 2.00 bits per heavy atom. The first-order chi connectivity index (χ1) is 6.59. The van der Waals surface area contributed by atoms with Gasteiger partial charge in [0.2, 0.25) is 0 Å². The predicted molar refractivity (Wildman–Crippen MR) is 54.2 cm³/mol. The fraction of sp³-hybridized carbons (Fsp3) is 1.00. The van der Waals surface area contributed by atoms with Crippen molar-refractivity contribution in [2.24, 2.45) is 11.8 Å². The van der Waals surface area contributed by atoms with Crippen LogP contribution >= 0.6 is 0 Å². The van der Waals surface area contributed by atoms with Crippen LogP contribution in [0.1, 0.15) is 39.5 Å². The summed E-state index contributed by atoms with van der Waals surface area (Å²) in [6, 6.07) is 0. The fourth-order valence-corrected chi connectivity index (χ4v) is 3.13. The third-order valence-corrected chi connectivity index (χ3v) is 4.12. The van der Waals surface area contributed by atoms with Crippen molar-refractivity contribution in [3.05, 3.63) is 0 Å². The van der Waals surface area contributed by atoms with Gasteiger partial charge in [0.1, 0.15) is 0 Å². The van der Waals surface area contributed by atoms with E-state index in [9.17, 15) is 0 Å². The van der Waals surface area contributed by atoms with Crippen LogP contribution in [-0.4, -0.2) is 24.4 Å². The van der Waals surface area contributed by atoms with E-state index in [1.54, 1.807) is 0 Å². The van der Waals surface area contributed by atoms with Gasteiger partial charge in [-0.3, -0.25) is 0 Å². The summed E-state index contributed by atoms with van der Waals surface area (Å²) in [6.07, 6.45) is 5.08. The maximum absolute atomic E-state index is 6.12. The highest BCUT2D eigenvalue weighted by Gasteiger charge is 2.50. The lowest BCUT2D eigenvalue weighted by Gasteiger charge is -2.27. The van der Waals surface area contributed by atoms with Gasteiger partial charge in [-0.1, -0.05) is 0 Å². The standard InChI is InChI=1S/C12H20O2/c1-11(2)7-12(8-14-11)4-3-9-5-10(9)6-13-12/h9-10H,3-8H2,1-2H3. The number of rotatable bonds is 0. The number of ether oxygens (including phenoxy) is 2. The van der Waals surface area contributed by atoms with Gasteiger partial charge in [0.05, 0.1) is 24.4 Å². The van der Waals surface area contributed by atoms with E-state index in [1.165, 1.54) is 19.3 Å². The Labute approximate surface area is 86.0 Å². The molecule has 0 aromatic carbocycles. The molecule has 3 unspecified atom stereocenters. The second-order valence-corrected chi connectivity index (χ2v) is 6.01. The van der Waals surface area contributed by atoms with Crippen molar-refractivity contribution in [3.8, 4) is 0 Å². The Kier molecular flexibility index (Phi) is 1.79. The summed E-state index contributed by atoms with van der Waals surface area (Å²) in [5, 5.41) is 0. The second-order valence-electron chi connectivity index (χ2n) is 6.01. The number of fused-ring (bicyclic) bond motifs is 1. The minimum absolute atomic E-state index is 0.0362. The summed E-state index contributed by atoms with van der Waals surface area (Å²) in [4.78, 5) is 0. The Bertz CT molecular complexity index is 235. The van der Waals surface area contributed by atoms with Crippen molar-refractivity contribution in [2.45, 2.75) is 50.7 Å². The highest BCUT2D eigenvalue weighted by atomic mass is 16.6. The van der Waals surface area contributed by atoms with Gasteiger partial charge in [0.15, 0.2) is 0 Å². The molecule has 0 aromatic heterocycles. The lowest BCUT2D eigenvalue weighted by molar-refractivity contribution is -0.0546. The molecule has 3 atom stereocenters. The molecule has 0 N–H and O–H groups in total. The smallest absolute Gasteiger partial charge is 0.0942 e. The van der Waals surface area contributed by atoms with Crippen molar-refractivity contribution < 1.29 is 9.47 Å². The molecular weight excluding hydrogens is 176 g/mol. The maximum atomic E-state index is 6.12. The molecule has 0 bridgehead atoms. The molecule has 14 heavy (non-hydrogen) atoms. The van der Waals surface area contributed by atoms with Crippen LogP contribution in [-0.2, 0) is 9.47 Å². The summed E-state index contributed by atoms with van der Waals surface area (Å²) in [6.45, 7) is 6.16. The van der Waals surface area contributed by atoms with E-state index in [2.05, 4.69) is 13.8 Å². The average molecular weight is 196 g/mol. The van der Waals surface area contributed by atoms with E-state index in [1.807, 2.05) is 0 Å². The molecule has 2 saturated heterocycles. The average Bonchev–Trinajstić information content (AvgIpc) is 2.80. The van der Waals surface area contributed by atoms with Crippen LogP contribution in [0.3, 0.4) is 0 Å². The molecule has 0 aromatic rings. The van der Waals surface area contributed by atoms with Crippen LogP contribution in [0.15, 0.2) is 0 Å². The van der Waals surface area contributed by atoms with E-state index >= 15 is 0 Å². The molecule has 1 spiro atoms. The molecule has 2 nitrogen and oxygen atoms in total. The Balaban J connectivity index is 1.71. The van der Waals surface area contributed by atoms with Crippen LogP contribution in [0.2, 0.25) is 0 Å². The van der Waals surface area contributed by atoms with E-state index in [-0.39, 0.29) is 11.2 Å². The van der Waals surface area contributed by atoms with Gasteiger partial charge in [-0.05, 0) is 44.9 Å². The van der Waals surface area contributed by atoms with Crippen molar-refractivity contribution in [3.63, 3.8) is 0 Å². The van der Waals surface area contributed by atoms with Gasteiger partial charge in [-0.15, -0.1) is 0 Å². The lowest BCUT2D eigenvalue weighted by Crippen LogP contribution is -2.34. The SMILES string of the molecule is CC1(C)CC2(CCC3CC3CO2)CO1. The van der Waals surface area contributed by atoms with Crippen LogP contribution in [0, 0.1) is 11.8 Å². The van der Waals surface area contributed by atoms with Gasteiger partial charge in [-0.25, -0.2) is 0 Å². The second kappa shape index (κ2) is 2.73. The first-order valence-corrected chi connectivity index (χ1v) is 5.87. The van der Waals surface area contributed by atoms with E-state index in [0.29, 0.717) is 0 Å². The van der Waals surface area contributed by atoms with Gasteiger partial charge in [0, 0.05) is 6.42 Å². The first-order valence-electron chi connectivity index (χ1n) is 5.87. The molecule has 3 aliphatic rings. The van der Waals surface area contributed by atoms with Gasteiger partial charge in [-0.2, -0.15) is 0 Å². The zero-order chi connectivity index (χ0) is 9.81. The number of hydrogen-bond acceptors (Lipinski definition) is 2. The third-order valence-electron chi connectivity index (χ3n) is 4.12. The minimum Gasteiger partial charge on any atom is -0.372 e. The van der Waals surface area contributed by atoms with Crippen molar-refractivity contribution in [1.82, 2.24) is 0 Å². The van der Waals surface area contributed by atoms with Crippen molar-refractivity contribution in [2.75, 3.05) is 13.2 Å². The summed E-state index contributed by atoms with van der Waals surface area (Å²) in [7, 11) is 0. The Morgan fingerprint density at radius 3 is 2.71 bits per heavy atom. The lowest BCUT2D eigenvalue weighted by atomic mass is 9.89. The van der Waals surface area contributed by atoms with E-state index in [4.69, 9.17) is 9.47 Å². The molecule has 1 aliphatic carbocycles. The van der Waals surface area contributed by atoms with Crippen molar-refractivity contribution in [1.29, 1.82) is 0 Å². The van der Waals surface area contributed by atoms with E-state index in [0.717, 1.165) is 31.5 Å².